The zero-order valence-corrected chi connectivity index (χ0v) is 14.8. The van der Waals surface area contributed by atoms with Crippen LogP contribution in [0.4, 0.5) is 0 Å². The molecule has 3 rings (SSSR count). The van der Waals surface area contributed by atoms with Crippen LogP contribution in [0.1, 0.15) is 43.5 Å². The van der Waals surface area contributed by atoms with Crippen molar-refractivity contribution in [3.8, 4) is 0 Å². The summed E-state index contributed by atoms with van der Waals surface area (Å²) in [5.41, 5.74) is 0.572. The molecule has 1 saturated carbocycles. The Labute approximate surface area is 147 Å². The van der Waals surface area contributed by atoms with Gasteiger partial charge in [-0.05, 0) is 50.3 Å². The molecule has 0 atom stereocenters. The summed E-state index contributed by atoms with van der Waals surface area (Å²) in [4.78, 5) is 16.8. The summed E-state index contributed by atoms with van der Waals surface area (Å²) in [6.45, 7) is 3.38. The smallest absolute Gasteiger partial charge is 0.316 e. The first-order chi connectivity index (χ1) is 11.6. The van der Waals surface area contributed by atoms with Gasteiger partial charge in [0.1, 0.15) is 5.82 Å². The lowest BCUT2D eigenvalue weighted by Crippen LogP contribution is -2.43. The van der Waals surface area contributed by atoms with Gasteiger partial charge in [-0.2, -0.15) is 0 Å². The van der Waals surface area contributed by atoms with Crippen molar-refractivity contribution >= 4 is 17.6 Å². The Morgan fingerprint density at radius 3 is 2.62 bits per heavy atom. The van der Waals surface area contributed by atoms with E-state index < -0.39 is 5.41 Å². The van der Waals surface area contributed by atoms with Crippen molar-refractivity contribution < 1.29 is 9.53 Å². The van der Waals surface area contributed by atoms with E-state index in [1.54, 1.807) is 0 Å². The third kappa shape index (κ3) is 3.48. The summed E-state index contributed by atoms with van der Waals surface area (Å²) in [7, 11) is 0. The highest BCUT2D eigenvalue weighted by Crippen LogP contribution is 2.45. The minimum atomic E-state index is -0.453. The van der Waals surface area contributed by atoms with Crippen LogP contribution in [0.15, 0.2) is 36.7 Å². The number of aryl methyl sites for hydroxylation is 2. The molecule has 24 heavy (non-hydrogen) atoms. The highest BCUT2D eigenvalue weighted by molar-refractivity contribution is 6.30. The van der Waals surface area contributed by atoms with Crippen LogP contribution in [-0.2, 0) is 21.5 Å². The molecule has 1 aliphatic carbocycles. The van der Waals surface area contributed by atoms with E-state index in [1.807, 2.05) is 43.6 Å². The third-order valence-electron chi connectivity index (χ3n) is 4.94. The molecular weight excluding hydrogens is 324 g/mol. The van der Waals surface area contributed by atoms with E-state index in [1.165, 1.54) is 0 Å². The Hall–Kier alpha value is -1.81. The number of aromatic nitrogens is 2. The van der Waals surface area contributed by atoms with Gasteiger partial charge < -0.3 is 9.30 Å². The summed E-state index contributed by atoms with van der Waals surface area (Å²) < 4.78 is 7.70. The van der Waals surface area contributed by atoms with Gasteiger partial charge in [0.15, 0.2) is 0 Å². The quantitative estimate of drug-likeness (QED) is 0.555. The number of imidazole rings is 1. The van der Waals surface area contributed by atoms with Gasteiger partial charge in [-0.25, -0.2) is 4.98 Å². The van der Waals surface area contributed by atoms with Crippen LogP contribution < -0.4 is 0 Å². The Bertz CT molecular complexity index is 690. The minimum absolute atomic E-state index is 0.0881. The molecule has 1 aromatic carbocycles. The van der Waals surface area contributed by atoms with Crippen molar-refractivity contribution in [1.29, 1.82) is 0 Å². The average Bonchev–Trinajstić information content (AvgIpc) is 2.93. The molecule has 0 saturated heterocycles. The first kappa shape index (κ1) is 17.0. The van der Waals surface area contributed by atoms with Crippen molar-refractivity contribution in [1.82, 2.24) is 9.55 Å². The van der Waals surface area contributed by atoms with Gasteiger partial charge in [0.05, 0.1) is 12.0 Å². The zero-order valence-electron chi connectivity index (χ0n) is 14.0. The highest BCUT2D eigenvalue weighted by atomic mass is 35.5. The SMILES string of the molecule is Cc1nccn1CCCCOC(=O)C1(c2ccc(Cl)cc2)CCC1. The first-order valence-electron chi connectivity index (χ1n) is 8.53. The van der Waals surface area contributed by atoms with Crippen molar-refractivity contribution in [3.05, 3.63) is 53.1 Å². The van der Waals surface area contributed by atoms with Crippen LogP contribution in [0.25, 0.3) is 0 Å². The van der Waals surface area contributed by atoms with E-state index in [0.29, 0.717) is 11.6 Å². The Kier molecular flexibility index (Phi) is 5.24. The number of nitrogens with zero attached hydrogens (tertiary/aromatic N) is 2. The zero-order chi connectivity index (χ0) is 17.0. The number of hydrogen-bond donors (Lipinski definition) is 0. The van der Waals surface area contributed by atoms with Crippen molar-refractivity contribution in [2.24, 2.45) is 0 Å². The molecule has 1 aromatic heterocycles. The van der Waals surface area contributed by atoms with E-state index >= 15 is 0 Å². The molecule has 0 bridgehead atoms. The van der Waals surface area contributed by atoms with Crippen LogP contribution >= 0.6 is 11.6 Å². The van der Waals surface area contributed by atoms with E-state index in [9.17, 15) is 4.79 Å². The molecular formula is C19H23ClN2O2. The lowest BCUT2D eigenvalue weighted by molar-refractivity contribution is -0.154. The second kappa shape index (κ2) is 7.39. The van der Waals surface area contributed by atoms with E-state index in [-0.39, 0.29) is 5.97 Å². The normalized spacial score (nSPS) is 15.8. The number of carbonyl (C=O) groups is 1. The molecule has 0 N–H and O–H groups in total. The van der Waals surface area contributed by atoms with Gasteiger partial charge in [0.25, 0.3) is 0 Å². The monoisotopic (exact) mass is 346 g/mol. The number of rotatable bonds is 7. The maximum absolute atomic E-state index is 12.6. The molecule has 2 aromatic rings. The number of hydrogen-bond acceptors (Lipinski definition) is 3. The van der Waals surface area contributed by atoms with Crippen LogP contribution in [0, 0.1) is 6.92 Å². The lowest BCUT2D eigenvalue weighted by Gasteiger charge is -2.39. The molecule has 4 nitrogen and oxygen atoms in total. The van der Waals surface area contributed by atoms with Crippen LogP contribution in [0.5, 0.6) is 0 Å². The summed E-state index contributed by atoms with van der Waals surface area (Å²) in [6, 6.07) is 7.59. The average molecular weight is 347 g/mol. The fraction of sp³-hybridized carbons (Fsp3) is 0.474. The number of unbranched alkanes of at least 4 members (excludes halogenated alkanes) is 1. The fourth-order valence-electron chi connectivity index (χ4n) is 3.24. The predicted octanol–water partition coefficient (Wildman–Crippen LogP) is 4.29. The molecule has 0 amide bonds. The molecule has 5 heteroatoms. The number of carbonyl (C=O) groups excluding carboxylic acids is 1. The second-order valence-corrected chi connectivity index (χ2v) is 6.89. The van der Waals surface area contributed by atoms with Crippen molar-refractivity contribution in [2.45, 2.75) is 51.0 Å². The van der Waals surface area contributed by atoms with Crippen LogP contribution in [0.3, 0.4) is 0 Å². The van der Waals surface area contributed by atoms with Crippen LogP contribution in [0.2, 0.25) is 5.02 Å². The second-order valence-electron chi connectivity index (χ2n) is 6.45. The summed E-state index contributed by atoms with van der Waals surface area (Å²) in [5, 5.41) is 0.691. The molecule has 128 valence electrons. The standard InChI is InChI=1S/C19H23ClN2O2/c1-15-21-11-13-22(15)12-2-3-14-24-18(23)19(9-4-10-19)16-5-7-17(20)8-6-16/h5-8,11,13H,2-4,9-10,12,14H2,1H3. The number of halogens is 1. The molecule has 0 aliphatic heterocycles. The molecule has 0 radical (unpaired) electrons. The minimum Gasteiger partial charge on any atom is -0.465 e. The maximum Gasteiger partial charge on any atom is 0.316 e. The molecule has 0 unspecified atom stereocenters. The first-order valence-corrected chi connectivity index (χ1v) is 8.91. The maximum atomic E-state index is 12.6. The number of benzene rings is 1. The molecule has 1 heterocycles. The summed E-state index contributed by atoms with van der Waals surface area (Å²) in [5.74, 6) is 0.929. The summed E-state index contributed by atoms with van der Waals surface area (Å²) >= 11 is 5.95. The van der Waals surface area contributed by atoms with Gasteiger partial charge in [-0.1, -0.05) is 30.2 Å². The molecule has 1 fully saturated rings. The van der Waals surface area contributed by atoms with Crippen molar-refractivity contribution in [3.63, 3.8) is 0 Å². The Morgan fingerprint density at radius 1 is 1.29 bits per heavy atom. The number of ether oxygens (including phenoxy) is 1. The third-order valence-corrected chi connectivity index (χ3v) is 5.20. The molecule has 1 aliphatic rings. The van der Waals surface area contributed by atoms with Crippen molar-refractivity contribution in [2.75, 3.05) is 6.61 Å². The Morgan fingerprint density at radius 2 is 2.04 bits per heavy atom. The van der Waals surface area contributed by atoms with Gasteiger partial charge in [-0.3, -0.25) is 4.79 Å². The molecule has 0 spiro atoms. The highest BCUT2D eigenvalue weighted by Gasteiger charge is 2.46. The van der Waals surface area contributed by atoms with Gasteiger partial charge in [0.2, 0.25) is 0 Å². The van der Waals surface area contributed by atoms with E-state index in [4.69, 9.17) is 16.3 Å². The summed E-state index contributed by atoms with van der Waals surface area (Å²) in [6.07, 6.45) is 8.41. The van der Waals surface area contributed by atoms with Gasteiger partial charge in [-0.15, -0.1) is 0 Å². The number of esters is 1. The lowest BCUT2D eigenvalue weighted by atomic mass is 9.64. The topological polar surface area (TPSA) is 44.1 Å². The van der Waals surface area contributed by atoms with Crippen LogP contribution in [-0.4, -0.2) is 22.1 Å². The van der Waals surface area contributed by atoms with Gasteiger partial charge in [0, 0.05) is 24.0 Å². The largest absolute Gasteiger partial charge is 0.465 e. The van der Waals surface area contributed by atoms with E-state index in [2.05, 4.69) is 9.55 Å². The fourth-order valence-corrected chi connectivity index (χ4v) is 3.36. The van der Waals surface area contributed by atoms with E-state index in [0.717, 1.165) is 50.0 Å². The van der Waals surface area contributed by atoms with Gasteiger partial charge >= 0.3 is 5.97 Å². The Balaban J connectivity index is 1.48. The predicted molar refractivity (Wildman–Crippen MR) is 94.1 cm³/mol.